The van der Waals surface area contributed by atoms with Crippen molar-refractivity contribution in [2.24, 2.45) is 12.0 Å². The smallest absolute Gasteiger partial charge is 0.289 e. The summed E-state index contributed by atoms with van der Waals surface area (Å²) in [5.74, 6) is 1.24. The van der Waals surface area contributed by atoms with Crippen LogP contribution in [0.1, 0.15) is 48.3 Å². The van der Waals surface area contributed by atoms with E-state index in [4.69, 9.17) is 9.41 Å². The zero-order valence-electron chi connectivity index (χ0n) is 18.3. The van der Waals surface area contributed by atoms with Crippen LogP contribution in [0, 0.1) is 0 Å². The quantitative estimate of drug-likeness (QED) is 0.355. The standard InChI is InChI=1S/C21H32N6O2.HI/c1-5-17-16(18(6-2)25(4)24-17)15-23-21(22-7-3)27-12-10-26(11-13-27)20(28)19-9-8-14-29-19;/h8-9,14H,5-7,10-13,15H2,1-4H3,(H,22,23);1H. The van der Waals surface area contributed by atoms with Crippen LogP contribution in [0.3, 0.4) is 0 Å². The number of halogens is 1. The third-order valence-electron chi connectivity index (χ3n) is 5.35. The van der Waals surface area contributed by atoms with E-state index in [1.807, 2.05) is 16.6 Å². The number of hydrogen-bond acceptors (Lipinski definition) is 4. The molecule has 0 aromatic carbocycles. The Balaban J connectivity index is 0.00000320. The summed E-state index contributed by atoms with van der Waals surface area (Å²) in [6, 6.07) is 3.46. The molecule has 0 saturated carbocycles. The number of guanidine groups is 1. The van der Waals surface area contributed by atoms with Gasteiger partial charge in [-0.25, -0.2) is 4.99 Å². The van der Waals surface area contributed by atoms with E-state index >= 15 is 0 Å². The van der Waals surface area contributed by atoms with E-state index in [2.05, 4.69) is 36.1 Å². The maximum Gasteiger partial charge on any atom is 0.289 e. The van der Waals surface area contributed by atoms with E-state index in [9.17, 15) is 4.79 Å². The van der Waals surface area contributed by atoms with Crippen molar-refractivity contribution in [2.45, 2.75) is 40.2 Å². The topological polar surface area (TPSA) is 78.9 Å². The molecule has 1 amide bonds. The molecule has 2 aromatic heterocycles. The molecular weight excluding hydrogens is 495 g/mol. The molecule has 0 aliphatic carbocycles. The molecular formula is C21H33IN6O2. The molecule has 1 saturated heterocycles. The highest BCUT2D eigenvalue weighted by molar-refractivity contribution is 14.0. The van der Waals surface area contributed by atoms with Gasteiger partial charge in [0.1, 0.15) is 0 Å². The first-order valence-corrected chi connectivity index (χ1v) is 10.5. The lowest BCUT2D eigenvalue weighted by atomic mass is 10.1. The Kier molecular flexibility index (Phi) is 9.19. The molecule has 0 radical (unpaired) electrons. The van der Waals surface area contributed by atoms with Crippen LogP contribution in [0.4, 0.5) is 0 Å². The summed E-state index contributed by atoms with van der Waals surface area (Å²) in [5.41, 5.74) is 3.60. The number of piperazine rings is 1. The first kappa shape index (κ1) is 24.2. The van der Waals surface area contributed by atoms with Crippen molar-refractivity contribution < 1.29 is 9.21 Å². The van der Waals surface area contributed by atoms with Crippen molar-refractivity contribution in [3.8, 4) is 0 Å². The first-order chi connectivity index (χ1) is 14.1. The average Bonchev–Trinajstić information content (AvgIpc) is 3.38. The van der Waals surface area contributed by atoms with Crippen LogP contribution in [-0.4, -0.2) is 64.2 Å². The molecule has 0 unspecified atom stereocenters. The second kappa shape index (κ2) is 11.4. The van der Waals surface area contributed by atoms with Gasteiger partial charge in [-0.15, -0.1) is 24.0 Å². The number of amides is 1. The SMILES string of the molecule is CCNC(=NCc1c(CC)nn(C)c1CC)N1CCN(C(=O)c2ccco2)CC1.I. The predicted octanol–water partition coefficient (Wildman–Crippen LogP) is 2.68. The number of furan rings is 1. The lowest BCUT2D eigenvalue weighted by Crippen LogP contribution is -2.53. The van der Waals surface area contributed by atoms with E-state index in [1.165, 1.54) is 17.5 Å². The zero-order valence-corrected chi connectivity index (χ0v) is 20.7. The molecule has 1 aliphatic rings. The molecule has 3 rings (SSSR count). The lowest BCUT2D eigenvalue weighted by Gasteiger charge is -2.36. The van der Waals surface area contributed by atoms with Gasteiger partial charge in [-0.2, -0.15) is 5.10 Å². The van der Waals surface area contributed by atoms with E-state index in [-0.39, 0.29) is 29.9 Å². The van der Waals surface area contributed by atoms with Crippen LogP contribution < -0.4 is 5.32 Å². The van der Waals surface area contributed by atoms with Gasteiger partial charge < -0.3 is 19.5 Å². The van der Waals surface area contributed by atoms with Crippen LogP contribution in [0.5, 0.6) is 0 Å². The minimum Gasteiger partial charge on any atom is -0.459 e. The minimum atomic E-state index is -0.0490. The van der Waals surface area contributed by atoms with Gasteiger partial charge in [-0.05, 0) is 31.9 Å². The highest BCUT2D eigenvalue weighted by atomic mass is 127. The molecule has 0 bridgehead atoms. The van der Waals surface area contributed by atoms with Crippen LogP contribution in [0.25, 0.3) is 0 Å². The molecule has 3 heterocycles. The molecule has 0 atom stereocenters. The molecule has 1 fully saturated rings. The van der Waals surface area contributed by atoms with Gasteiger partial charge in [0, 0.05) is 51.0 Å². The number of hydrogen-bond donors (Lipinski definition) is 1. The molecule has 30 heavy (non-hydrogen) atoms. The van der Waals surface area contributed by atoms with Crippen molar-refractivity contribution in [3.05, 3.63) is 41.1 Å². The van der Waals surface area contributed by atoms with Gasteiger partial charge in [0.25, 0.3) is 5.91 Å². The molecule has 9 heteroatoms. The highest BCUT2D eigenvalue weighted by Gasteiger charge is 2.25. The summed E-state index contributed by atoms with van der Waals surface area (Å²) in [7, 11) is 2.01. The fourth-order valence-electron chi connectivity index (χ4n) is 3.83. The molecule has 0 spiro atoms. The summed E-state index contributed by atoms with van der Waals surface area (Å²) in [6.45, 7) is 10.6. The molecule has 1 N–H and O–H groups in total. The monoisotopic (exact) mass is 528 g/mol. The molecule has 8 nitrogen and oxygen atoms in total. The molecule has 1 aliphatic heterocycles. The maximum atomic E-state index is 12.5. The second-order valence-corrected chi connectivity index (χ2v) is 7.13. The van der Waals surface area contributed by atoms with Gasteiger partial charge in [-0.3, -0.25) is 9.48 Å². The Labute approximate surface area is 195 Å². The fraction of sp³-hybridized carbons (Fsp3) is 0.571. The summed E-state index contributed by atoms with van der Waals surface area (Å²) < 4.78 is 7.23. The fourth-order valence-corrected chi connectivity index (χ4v) is 3.83. The molecule has 2 aromatic rings. The van der Waals surface area contributed by atoms with Crippen molar-refractivity contribution >= 4 is 35.8 Å². The summed E-state index contributed by atoms with van der Waals surface area (Å²) >= 11 is 0. The number of nitrogens with zero attached hydrogens (tertiary/aromatic N) is 5. The summed E-state index contributed by atoms with van der Waals surface area (Å²) in [5, 5.41) is 8.05. The normalized spacial score (nSPS) is 14.6. The van der Waals surface area contributed by atoms with E-state index in [1.54, 1.807) is 12.1 Å². The Morgan fingerprint density at radius 1 is 1.17 bits per heavy atom. The van der Waals surface area contributed by atoms with Crippen LogP contribution in [0.15, 0.2) is 27.8 Å². The van der Waals surface area contributed by atoms with E-state index in [0.717, 1.165) is 44.1 Å². The Morgan fingerprint density at radius 2 is 1.87 bits per heavy atom. The summed E-state index contributed by atoms with van der Waals surface area (Å²) in [6.07, 6.45) is 3.38. The van der Waals surface area contributed by atoms with Crippen LogP contribution in [-0.2, 0) is 26.4 Å². The van der Waals surface area contributed by atoms with Gasteiger partial charge in [0.05, 0.1) is 18.5 Å². The Morgan fingerprint density at radius 3 is 2.43 bits per heavy atom. The first-order valence-electron chi connectivity index (χ1n) is 10.5. The number of rotatable bonds is 6. The van der Waals surface area contributed by atoms with Crippen molar-refractivity contribution in [2.75, 3.05) is 32.7 Å². The number of aliphatic imine (C=N–C) groups is 1. The largest absolute Gasteiger partial charge is 0.459 e. The highest BCUT2D eigenvalue weighted by Crippen LogP contribution is 2.17. The number of carbonyl (C=O) groups is 1. The Hall–Kier alpha value is -2.04. The molecule has 166 valence electrons. The third-order valence-corrected chi connectivity index (χ3v) is 5.35. The van der Waals surface area contributed by atoms with Crippen LogP contribution in [0.2, 0.25) is 0 Å². The van der Waals surface area contributed by atoms with E-state index in [0.29, 0.717) is 25.4 Å². The van der Waals surface area contributed by atoms with Gasteiger partial charge >= 0.3 is 0 Å². The van der Waals surface area contributed by atoms with Crippen molar-refractivity contribution in [3.63, 3.8) is 0 Å². The van der Waals surface area contributed by atoms with Gasteiger partial charge in [-0.1, -0.05) is 13.8 Å². The Bertz CT molecular complexity index is 838. The van der Waals surface area contributed by atoms with Gasteiger partial charge in [0.15, 0.2) is 11.7 Å². The summed E-state index contributed by atoms with van der Waals surface area (Å²) in [4.78, 5) is 21.5. The van der Waals surface area contributed by atoms with Crippen LogP contribution >= 0.6 is 24.0 Å². The lowest BCUT2D eigenvalue weighted by molar-refractivity contribution is 0.0657. The van der Waals surface area contributed by atoms with Crippen molar-refractivity contribution in [1.82, 2.24) is 24.9 Å². The number of nitrogens with one attached hydrogen (secondary N) is 1. The van der Waals surface area contributed by atoms with Gasteiger partial charge in [0.2, 0.25) is 0 Å². The predicted molar refractivity (Wildman–Crippen MR) is 128 cm³/mol. The minimum absolute atomic E-state index is 0. The maximum absolute atomic E-state index is 12.5. The number of carbonyl (C=O) groups excluding carboxylic acids is 1. The number of aromatic nitrogens is 2. The number of aryl methyl sites for hydroxylation is 2. The zero-order chi connectivity index (χ0) is 20.8. The second-order valence-electron chi connectivity index (χ2n) is 7.13. The van der Waals surface area contributed by atoms with Crippen molar-refractivity contribution in [1.29, 1.82) is 0 Å². The third kappa shape index (κ3) is 5.35. The van der Waals surface area contributed by atoms with E-state index < -0.39 is 0 Å². The average molecular weight is 528 g/mol.